The van der Waals surface area contributed by atoms with Crippen molar-refractivity contribution in [1.82, 2.24) is 5.32 Å². The lowest BCUT2D eigenvalue weighted by Gasteiger charge is -2.24. The smallest absolute Gasteiger partial charge is 0.237 e. The molecule has 0 aromatic heterocycles. The molecule has 0 aromatic rings. The van der Waals surface area contributed by atoms with Crippen LogP contribution in [0.15, 0.2) is 0 Å². The minimum absolute atomic E-state index is 0.201. The van der Waals surface area contributed by atoms with Crippen LogP contribution in [0.25, 0.3) is 0 Å². The molecule has 0 saturated carbocycles. The van der Waals surface area contributed by atoms with Crippen molar-refractivity contribution in [2.45, 2.75) is 44.8 Å². The zero-order valence-corrected chi connectivity index (χ0v) is 10.5. The van der Waals surface area contributed by atoms with E-state index in [1.54, 1.807) is 14.0 Å². The Morgan fingerprint density at radius 1 is 1.62 bits per heavy atom. The summed E-state index contributed by atoms with van der Waals surface area (Å²) in [5.41, 5.74) is 4.69. The quantitative estimate of drug-likeness (QED) is 0.550. The highest BCUT2D eigenvalue weighted by atomic mass is 16.5. The number of aliphatic hydroxyl groups is 1. The van der Waals surface area contributed by atoms with Crippen LogP contribution in [0.5, 0.6) is 0 Å². The van der Waals surface area contributed by atoms with E-state index in [-0.39, 0.29) is 12.5 Å². The second-order valence-corrected chi connectivity index (χ2v) is 4.35. The largest absolute Gasteiger partial charge is 0.388 e. The molecule has 0 spiro atoms. The Labute approximate surface area is 97.3 Å². The Balaban J connectivity index is 3.89. The van der Waals surface area contributed by atoms with Crippen LogP contribution < -0.4 is 11.1 Å². The number of nitrogens with one attached hydrogen (secondary N) is 1. The van der Waals surface area contributed by atoms with E-state index in [1.165, 1.54) is 0 Å². The first-order valence-electron chi connectivity index (χ1n) is 5.67. The van der Waals surface area contributed by atoms with Crippen LogP contribution in [-0.2, 0) is 9.53 Å². The molecule has 1 unspecified atom stereocenters. The molecule has 5 nitrogen and oxygen atoms in total. The first kappa shape index (κ1) is 15.3. The lowest BCUT2D eigenvalue weighted by molar-refractivity contribution is -0.123. The highest BCUT2D eigenvalue weighted by molar-refractivity contribution is 5.81. The fourth-order valence-electron chi connectivity index (χ4n) is 1.26. The highest BCUT2D eigenvalue weighted by Gasteiger charge is 2.22. The number of amides is 1. The summed E-state index contributed by atoms with van der Waals surface area (Å²) in [6.07, 6.45) is 2.01. The summed E-state index contributed by atoms with van der Waals surface area (Å²) < 4.78 is 4.87. The summed E-state index contributed by atoms with van der Waals surface area (Å²) in [6, 6.07) is -0.483. The standard InChI is InChI=1S/C11H24N2O3/c1-4-5-9(12)10(14)13-8-11(2,15)6-7-16-3/h9,15H,4-8,12H2,1-3H3,(H,13,14)/t9-,11?/m1/s1. The fourth-order valence-corrected chi connectivity index (χ4v) is 1.26. The molecule has 0 heterocycles. The van der Waals surface area contributed by atoms with E-state index in [9.17, 15) is 9.90 Å². The molecule has 2 atom stereocenters. The van der Waals surface area contributed by atoms with Crippen LogP contribution in [0.2, 0.25) is 0 Å². The molecule has 96 valence electrons. The fraction of sp³-hybridized carbons (Fsp3) is 0.909. The average Bonchev–Trinajstić information content (AvgIpc) is 2.23. The number of ether oxygens (including phenoxy) is 1. The monoisotopic (exact) mass is 232 g/mol. The third-order valence-corrected chi connectivity index (χ3v) is 2.42. The molecular formula is C11H24N2O3. The van der Waals surface area contributed by atoms with Crippen molar-refractivity contribution < 1.29 is 14.6 Å². The zero-order chi connectivity index (χ0) is 12.6. The molecule has 4 N–H and O–H groups in total. The van der Waals surface area contributed by atoms with Crippen molar-refractivity contribution in [3.8, 4) is 0 Å². The molecule has 0 radical (unpaired) electrons. The summed E-state index contributed by atoms with van der Waals surface area (Å²) in [5, 5.41) is 12.5. The number of carbonyl (C=O) groups is 1. The van der Waals surface area contributed by atoms with Gasteiger partial charge >= 0.3 is 0 Å². The van der Waals surface area contributed by atoms with Gasteiger partial charge in [0.25, 0.3) is 0 Å². The summed E-state index contributed by atoms with van der Waals surface area (Å²) in [6.45, 7) is 4.30. The van der Waals surface area contributed by atoms with E-state index < -0.39 is 11.6 Å². The van der Waals surface area contributed by atoms with Crippen molar-refractivity contribution in [1.29, 1.82) is 0 Å². The lowest BCUT2D eigenvalue weighted by atomic mass is 10.0. The highest BCUT2D eigenvalue weighted by Crippen LogP contribution is 2.07. The van der Waals surface area contributed by atoms with Crippen molar-refractivity contribution in [3.63, 3.8) is 0 Å². The third-order valence-electron chi connectivity index (χ3n) is 2.42. The molecule has 0 rings (SSSR count). The Morgan fingerprint density at radius 3 is 2.75 bits per heavy atom. The Hall–Kier alpha value is -0.650. The Kier molecular flexibility index (Phi) is 7.29. The van der Waals surface area contributed by atoms with Gasteiger partial charge in [-0.1, -0.05) is 13.3 Å². The van der Waals surface area contributed by atoms with Gasteiger partial charge in [-0.25, -0.2) is 0 Å². The summed E-state index contributed by atoms with van der Waals surface area (Å²) in [4.78, 5) is 11.5. The molecule has 0 saturated heterocycles. The van der Waals surface area contributed by atoms with Crippen LogP contribution in [0.1, 0.15) is 33.1 Å². The summed E-state index contributed by atoms with van der Waals surface area (Å²) in [7, 11) is 1.58. The van der Waals surface area contributed by atoms with E-state index in [2.05, 4.69) is 5.32 Å². The van der Waals surface area contributed by atoms with E-state index in [0.29, 0.717) is 19.4 Å². The second-order valence-electron chi connectivity index (χ2n) is 4.35. The third kappa shape index (κ3) is 6.76. The minimum Gasteiger partial charge on any atom is -0.388 e. The number of methoxy groups -OCH3 is 1. The molecule has 0 bridgehead atoms. The van der Waals surface area contributed by atoms with Gasteiger partial charge in [0.05, 0.1) is 11.6 Å². The molecule has 1 amide bonds. The van der Waals surface area contributed by atoms with Gasteiger partial charge in [0.1, 0.15) is 0 Å². The summed E-state index contributed by atoms with van der Waals surface area (Å²) in [5.74, 6) is -0.209. The Morgan fingerprint density at radius 2 is 2.25 bits per heavy atom. The first-order chi connectivity index (χ1) is 7.43. The molecule has 0 aromatic carbocycles. The van der Waals surface area contributed by atoms with Crippen molar-refractivity contribution in [3.05, 3.63) is 0 Å². The average molecular weight is 232 g/mol. The van der Waals surface area contributed by atoms with Gasteiger partial charge in [0.2, 0.25) is 5.91 Å². The number of hydrogen-bond donors (Lipinski definition) is 3. The van der Waals surface area contributed by atoms with Crippen LogP contribution in [0, 0.1) is 0 Å². The first-order valence-corrected chi connectivity index (χ1v) is 5.67. The number of nitrogens with two attached hydrogens (primary N) is 1. The SMILES string of the molecule is CCC[C@@H](N)C(=O)NCC(C)(O)CCOC. The maximum Gasteiger partial charge on any atom is 0.237 e. The Bertz CT molecular complexity index is 207. The molecule has 0 fully saturated rings. The predicted octanol–water partition coefficient (Wildman–Crippen LogP) is 0.0175. The van der Waals surface area contributed by atoms with Crippen molar-refractivity contribution in [2.24, 2.45) is 5.73 Å². The molecule has 0 aliphatic carbocycles. The van der Waals surface area contributed by atoms with Crippen LogP contribution in [-0.4, -0.2) is 42.9 Å². The number of carbonyl (C=O) groups excluding carboxylic acids is 1. The molecule has 0 aliphatic heterocycles. The second kappa shape index (κ2) is 7.60. The van der Waals surface area contributed by atoms with Gasteiger partial charge < -0.3 is 20.9 Å². The van der Waals surface area contributed by atoms with Gasteiger partial charge in [-0.2, -0.15) is 0 Å². The number of hydrogen-bond acceptors (Lipinski definition) is 4. The van der Waals surface area contributed by atoms with Crippen LogP contribution in [0.3, 0.4) is 0 Å². The van der Waals surface area contributed by atoms with Crippen molar-refractivity contribution >= 4 is 5.91 Å². The van der Waals surface area contributed by atoms with Crippen LogP contribution >= 0.6 is 0 Å². The molecular weight excluding hydrogens is 208 g/mol. The summed E-state index contributed by atoms with van der Waals surface area (Å²) >= 11 is 0. The van der Waals surface area contributed by atoms with Gasteiger partial charge in [0, 0.05) is 26.7 Å². The van der Waals surface area contributed by atoms with E-state index in [4.69, 9.17) is 10.5 Å². The topological polar surface area (TPSA) is 84.6 Å². The van der Waals surface area contributed by atoms with Gasteiger partial charge in [0.15, 0.2) is 0 Å². The molecule has 0 aliphatic rings. The van der Waals surface area contributed by atoms with E-state index in [1.807, 2.05) is 6.92 Å². The van der Waals surface area contributed by atoms with Gasteiger partial charge in [-0.05, 0) is 13.3 Å². The van der Waals surface area contributed by atoms with E-state index >= 15 is 0 Å². The molecule has 16 heavy (non-hydrogen) atoms. The molecule has 5 heteroatoms. The predicted molar refractivity (Wildman–Crippen MR) is 63.0 cm³/mol. The van der Waals surface area contributed by atoms with Gasteiger partial charge in [-0.15, -0.1) is 0 Å². The maximum absolute atomic E-state index is 11.5. The van der Waals surface area contributed by atoms with Crippen LogP contribution in [0.4, 0.5) is 0 Å². The lowest BCUT2D eigenvalue weighted by Crippen LogP contribution is -2.47. The minimum atomic E-state index is -0.947. The zero-order valence-electron chi connectivity index (χ0n) is 10.5. The number of rotatable bonds is 8. The normalized spacial score (nSPS) is 16.6. The van der Waals surface area contributed by atoms with Crippen molar-refractivity contribution in [2.75, 3.05) is 20.3 Å². The van der Waals surface area contributed by atoms with E-state index in [0.717, 1.165) is 6.42 Å². The van der Waals surface area contributed by atoms with Gasteiger partial charge in [-0.3, -0.25) is 4.79 Å². The maximum atomic E-state index is 11.5.